The van der Waals surface area contributed by atoms with Crippen LogP contribution in [0.2, 0.25) is 0 Å². The maximum absolute atomic E-state index is 15.1. The second-order valence-corrected chi connectivity index (χ2v) is 8.75. The summed E-state index contributed by atoms with van der Waals surface area (Å²) in [6, 6.07) is 3.56. The largest absolute Gasteiger partial charge is 0.443 e. The first-order valence-corrected chi connectivity index (χ1v) is 10.7. The number of ether oxygens (including phenoxy) is 2. The number of fused-ring (bicyclic) bond motifs is 1. The van der Waals surface area contributed by atoms with E-state index in [1.807, 2.05) is 13.1 Å². The van der Waals surface area contributed by atoms with Crippen LogP contribution < -0.4 is 10.6 Å². The third-order valence-electron chi connectivity index (χ3n) is 6.12. The molecule has 2 saturated carbocycles. The summed E-state index contributed by atoms with van der Waals surface area (Å²) < 4.78 is 27.4. The fraction of sp³-hybridized carbons (Fsp3) is 0.524. The number of hydrogen-bond donors (Lipinski definition) is 3. The number of methoxy groups -OCH3 is 1. The molecule has 0 bridgehead atoms. The predicted octanol–water partition coefficient (Wildman–Crippen LogP) is 3.21. The van der Waals surface area contributed by atoms with Crippen molar-refractivity contribution in [2.45, 2.75) is 62.9 Å². The van der Waals surface area contributed by atoms with Crippen LogP contribution in [0.4, 0.5) is 21.0 Å². The van der Waals surface area contributed by atoms with Gasteiger partial charge in [-0.25, -0.2) is 19.2 Å². The summed E-state index contributed by atoms with van der Waals surface area (Å²) in [5.41, 5.74) is 1.96. The Hall–Kier alpha value is -3.21. The molecule has 5 rings (SSSR count). The Morgan fingerprint density at radius 3 is 3.03 bits per heavy atom. The van der Waals surface area contributed by atoms with Gasteiger partial charge in [0, 0.05) is 42.7 Å². The van der Waals surface area contributed by atoms with E-state index < -0.39 is 24.3 Å². The summed E-state index contributed by atoms with van der Waals surface area (Å²) in [5, 5.41) is 13.1. The van der Waals surface area contributed by atoms with Crippen molar-refractivity contribution >= 4 is 23.5 Å². The molecule has 0 spiro atoms. The highest BCUT2D eigenvalue weighted by Crippen LogP contribution is 2.39. The summed E-state index contributed by atoms with van der Waals surface area (Å²) in [7, 11) is 1.61. The lowest BCUT2D eigenvalue weighted by molar-refractivity contribution is 0.0546. The molecule has 1 amide bonds. The topological polar surface area (TPSA) is 118 Å². The highest BCUT2D eigenvalue weighted by Gasteiger charge is 2.43. The minimum atomic E-state index is -1.30. The minimum Gasteiger partial charge on any atom is -0.443 e. The quantitative estimate of drug-likeness (QED) is 0.513. The molecule has 3 atom stereocenters. The number of H-pyrrole nitrogens is 1. The zero-order valence-electron chi connectivity index (χ0n) is 18.0. The van der Waals surface area contributed by atoms with Gasteiger partial charge in [-0.15, -0.1) is 0 Å². The number of nitrogens with one attached hydrogen (secondary N) is 3. The van der Waals surface area contributed by atoms with Gasteiger partial charge in [-0.1, -0.05) is 0 Å². The van der Waals surface area contributed by atoms with Crippen molar-refractivity contribution in [1.29, 1.82) is 0 Å². The van der Waals surface area contributed by atoms with Gasteiger partial charge in [-0.2, -0.15) is 5.10 Å². The van der Waals surface area contributed by atoms with Gasteiger partial charge in [0.25, 0.3) is 0 Å². The molecule has 170 valence electrons. The second-order valence-electron chi connectivity index (χ2n) is 8.75. The van der Waals surface area contributed by atoms with E-state index >= 15 is 4.39 Å². The number of anilines is 2. The lowest BCUT2D eigenvalue weighted by atomic mass is 10.0. The van der Waals surface area contributed by atoms with Gasteiger partial charge in [0.05, 0.1) is 12.3 Å². The number of aromatic nitrogens is 5. The van der Waals surface area contributed by atoms with Gasteiger partial charge >= 0.3 is 6.09 Å². The molecule has 2 aliphatic carbocycles. The van der Waals surface area contributed by atoms with Crippen molar-refractivity contribution in [3.05, 3.63) is 35.9 Å². The second kappa shape index (κ2) is 8.05. The molecule has 2 aliphatic rings. The van der Waals surface area contributed by atoms with Crippen molar-refractivity contribution < 1.29 is 18.7 Å². The van der Waals surface area contributed by atoms with Crippen molar-refractivity contribution in [2.75, 3.05) is 12.4 Å². The van der Waals surface area contributed by atoms with E-state index in [0.29, 0.717) is 36.9 Å². The number of nitrogens with zero attached hydrogens (tertiary/aromatic N) is 4. The van der Waals surface area contributed by atoms with Crippen LogP contribution >= 0.6 is 0 Å². The minimum absolute atomic E-state index is 0.193. The van der Waals surface area contributed by atoms with Crippen molar-refractivity contribution in [1.82, 2.24) is 29.9 Å². The van der Waals surface area contributed by atoms with Gasteiger partial charge in [0.2, 0.25) is 5.95 Å². The average molecular weight is 443 g/mol. The molecular formula is C21H26FN7O3. The van der Waals surface area contributed by atoms with E-state index in [0.717, 1.165) is 24.2 Å². The van der Waals surface area contributed by atoms with Crippen LogP contribution in [0.1, 0.15) is 49.9 Å². The number of carbonyl (C=O) groups excluding carboxylic acids is 1. The molecule has 0 aliphatic heterocycles. The zero-order chi connectivity index (χ0) is 22.3. The van der Waals surface area contributed by atoms with Crippen LogP contribution in [0.5, 0.6) is 0 Å². The number of imidazole rings is 1. The molecule has 3 N–H and O–H groups in total. The van der Waals surface area contributed by atoms with Gasteiger partial charge in [-0.3, -0.25) is 9.50 Å². The molecule has 32 heavy (non-hydrogen) atoms. The first-order valence-electron chi connectivity index (χ1n) is 10.7. The number of hydrogen-bond acceptors (Lipinski definition) is 7. The van der Waals surface area contributed by atoms with Crippen LogP contribution in [0.15, 0.2) is 24.5 Å². The molecule has 0 radical (unpaired) electrons. The molecule has 0 saturated heterocycles. The van der Waals surface area contributed by atoms with Crippen molar-refractivity contribution in [2.24, 2.45) is 0 Å². The standard InChI is InChI=1S/C21H26FN7O3/c1-21(6-7-21)26-20(30)32-15-4-3-13(18(15)22)14-9-16(28-27-14)25-19-23-8-5-17-24-12(11-31-2)10-29(17)19/h5,8-10,13,15,18H,3-4,6-7,11H2,1-2H3,(H,26,30)(H2,23,25,27,28)/t13-,15-,18-/m1/s1. The number of carbonyl (C=O) groups is 1. The highest BCUT2D eigenvalue weighted by molar-refractivity contribution is 5.69. The van der Waals surface area contributed by atoms with Gasteiger partial charge in [-0.05, 0) is 38.7 Å². The Morgan fingerprint density at radius 2 is 2.25 bits per heavy atom. The summed E-state index contributed by atoms with van der Waals surface area (Å²) >= 11 is 0. The number of amides is 1. The number of alkyl halides is 1. The lowest BCUT2D eigenvalue weighted by Gasteiger charge is -2.19. The van der Waals surface area contributed by atoms with E-state index in [2.05, 4.69) is 30.8 Å². The molecule has 10 nitrogen and oxygen atoms in total. The molecule has 2 fully saturated rings. The molecule has 3 aromatic heterocycles. The van der Waals surface area contributed by atoms with E-state index in [4.69, 9.17) is 9.47 Å². The maximum atomic E-state index is 15.1. The Morgan fingerprint density at radius 1 is 1.41 bits per heavy atom. The van der Waals surface area contributed by atoms with E-state index in [1.165, 1.54) is 0 Å². The highest BCUT2D eigenvalue weighted by atomic mass is 19.1. The summed E-state index contributed by atoms with van der Waals surface area (Å²) in [4.78, 5) is 20.9. The van der Waals surface area contributed by atoms with Crippen LogP contribution in [0.25, 0.3) is 5.65 Å². The van der Waals surface area contributed by atoms with Crippen LogP contribution in [0.3, 0.4) is 0 Å². The SMILES string of the molecule is COCc1cn2c(Nc3cc([C@H]4CC[C@@H](OC(=O)NC5(C)CC5)[C@@H]4F)[nH]n3)nccc2n1. The molecule has 0 aromatic carbocycles. The van der Waals surface area contributed by atoms with Crippen molar-refractivity contribution in [3.8, 4) is 0 Å². The molecule has 11 heteroatoms. The third kappa shape index (κ3) is 4.12. The van der Waals surface area contributed by atoms with Gasteiger partial charge < -0.3 is 20.1 Å². The van der Waals surface area contributed by atoms with Crippen LogP contribution in [-0.2, 0) is 16.1 Å². The summed E-state index contributed by atoms with van der Waals surface area (Å²) in [6.45, 7) is 2.35. The Labute approximate surface area is 183 Å². The molecular weight excluding hydrogens is 417 g/mol. The Bertz CT molecular complexity index is 1130. The number of halogens is 1. The number of rotatable bonds is 7. The fourth-order valence-corrected chi connectivity index (χ4v) is 4.08. The van der Waals surface area contributed by atoms with Crippen molar-refractivity contribution in [3.63, 3.8) is 0 Å². The van der Waals surface area contributed by atoms with Gasteiger partial charge in [0.15, 0.2) is 5.82 Å². The Kier molecular flexibility index (Phi) is 5.20. The molecule has 3 aromatic rings. The molecule has 3 heterocycles. The zero-order valence-corrected chi connectivity index (χ0v) is 18.0. The smallest absolute Gasteiger partial charge is 0.407 e. The first-order chi connectivity index (χ1) is 15.4. The van der Waals surface area contributed by atoms with E-state index in [-0.39, 0.29) is 5.54 Å². The average Bonchev–Trinajstić information content (AvgIpc) is 3.12. The van der Waals surface area contributed by atoms with E-state index in [1.54, 1.807) is 29.8 Å². The first kappa shape index (κ1) is 20.7. The number of aromatic amines is 1. The van der Waals surface area contributed by atoms with Crippen LogP contribution in [-0.4, -0.2) is 55.6 Å². The van der Waals surface area contributed by atoms with Crippen LogP contribution in [0, 0.1) is 0 Å². The maximum Gasteiger partial charge on any atom is 0.407 e. The summed E-state index contributed by atoms with van der Waals surface area (Å²) in [5.74, 6) is 0.626. The number of alkyl carbamates (subject to hydrolysis) is 1. The third-order valence-corrected chi connectivity index (χ3v) is 6.12. The molecule has 0 unspecified atom stereocenters. The monoisotopic (exact) mass is 443 g/mol. The lowest BCUT2D eigenvalue weighted by Crippen LogP contribution is -2.38. The fourth-order valence-electron chi connectivity index (χ4n) is 4.08. The van der Waals surface area contributed by atoms with Gasteiger partial charge in [0.1, 0.15) is 17.9 Å². The normalized spacial score (nSPS) is 23.9. The van der Waals surface area contributed by atoms with E-state index in [9.17, 15) is 4.79 Å². The predicted molar refractivity (Wildman–Crippen MR) is 113 cm³/mol. The summed E-state index contributed by atoms with van der Waals surface area (Å²) in [6.07, 6.45) is 3.77. The Balaban J connectivity index is 1.25.